The lowest BCUT2D eigenvalue weighted by Gasteiger charge is -2.20. The summed E-state index contributed by atoms with van der Waals surface area (Å²) in [5.41, 5.74) is 0.00720. The van der Waals surface area contributed by atoms with Crippen LogP contribution in [0.25, 0.3) is 0 Å². The Morgan fingerprint density at radius 3 is 2.75 bits per heavy atom. The first-order valence-corrected chi connectivity index (χ1v) is 6.21. The number of rotatable bonds is 3. The molecule has 2 N–H and O–H groups in total. The van der Waals surface area contributed by atoms with Crippen LogP contribution < -0.4 is 9.47 Å². The normalized spacial score (nSPS) is 16.9. The summed E-state index contributed by atoms with van der Waals surface area (Å²) in [6.45, 7) is -0.306. The minimum atomic E-state index is -3.81. The smallest absolute Gasteiger partial charge is 0.465 e. The Morgan fingerprint density at radius 2 is 2.15 bits per heavy atom. The Labute approximate surface area is 120 Å². The van der Waals surface area contributed by atoms with Gasteiger partial charge in [0.15, 0.2) is 11.5 Å². The molecular weight excluding hydrogens is 344 g/mol. The summed E-state index contributed by atoms with van der Waals surface area (Å²) in [7, 11) is 1.24. The molecule has 1 heterocycles. The second kappa shape index (κ2) is 5.06. The Balaban J connectivity index is 2.33. The van der Waals surface area contributed by atoms with Crippen LogP contribution in [0.4, 0.5) is 13.6 Å². The zero-order chi connectivity index (χ0) is 15.1. The molecule has 1 aromatic carbocycles. The molecule has 0 radical (unpaired) electrons. The first-order valence-electron chi connectivity index (χ1n) is 5.41. The summed E-state index contributed by atoms with van der Waals surface area (Å²) in [5.74, 6) is -0.527. The number of ether oxygens (including phenoxy) is 2. The third-order valence-corrected chi connectivity index (χ3v) is 3.35. The number of carbonyl (C=O) groups is 1. The quantitative estimate of drug-likeness (QED) is 0.872. The van der Waals surface area contributed by atoms with Crippen LogP contribution >= 0.6 is 15.9 Å². The van der Waals surface area contributed by atoms with E-state index < -0.39 is 18.5 Å². The van der Waals surface area contributed by atoms with Crippen LogP contribution in [0.3, 0.4) is 0 Å². The van der Waals surface area contributed by atoms with E-state index in [4.69, 9.17) is 5.11 Å². The molecule has 0 saturated carbocycles. The molecule has 0 spiro atoms. The molecule has 2 rings (SSSR count). The predicted molar refractivity (Wildman–Crippen MR) is 66.0 cm³/mol. The number of nitrogens with zero attached hydrogens (tertiary/aromatic N) is 1. The van der Waals surface area contributed by atoms with Gasteiger partial charge >= 0.3 is 12.4 Å². The molecule has 0 fully saturated rings. The maximum absolute atomic E-state index is 13.1. The third-order valence-electron chi connectivity index (χ3n) is 2.66. The SMILES string of the molecule is CN(CC(O)c1c(Br)ccc2c1OC(F)(F)O2)C(=O)O. The zero-order valence-electron chi connectivity index (χ0n) is 10.1. The van der Waals surface area contributed by atoms with Gasteiger partial charge < -0.3 is 24.6 Å². The van der Waals surface area contributed by atoms with Gasteiger partial charge in [0.2, 0.25) is 0 Å². The molecular formula is C11H10BrF2NO5. The summed E-state index contributed by atoms with van der Waals surface area (Å²) < 4.78 is 35.1. The van der Waals surface area contributed by atoms with Crippen molar-refractivity contribution in [2.45, 2.75) is 12.4 Å². The summed E-state index contributed by atoms with van der Waals surface area (Å²) in [5, 5.41) is 18.8. The Hall–Kier alpha value is -1.61. The van der Waals surface area contributed by atoms with Crippen molar-refractivity contribution < 1.29 is 33.3 Å². The number of hydrogen-bond donors (Lipinski definition) is 2. The Bertz CT molecular complexity index is 554. The number of halogens is 3. The summed E-state index contributed by atoms with van der Waals surface area (Å²) >= 11 is 3.11. The number of aliphatic hydroxyl groups excluding tert-OH is 1. The fourth-order valence-corrected chi connectivity index (χ4v) is 2.32. The fraction of sp³-hybridized carbons (Fsp3) is 0.364. The number of likely N-dealkylation sites (N-methyl/N-ethyl adjacent to an activating group) is 1. The number of alkyl halides is 2. The average molecular weight is 354 g/mol. The highest BCUT2D eigenvalue weighted by Crippen LogP contribution is 2.47. The molecule has 1 atom stereocenters. The molecule has 0 bridgehead atoms. The van der Waals surface area contributed by atoms with Crippen LogP contribution in [0, 0.1) is 0 Å². The van der Waals surface area contributed by atoms with Crippen LogP contribution in [0.1, 0.15) is 11.7 Å². The minimum Gasteiger partial charge on any atom is -0.465 e. The molecule has 9 heteroatoms. The number of fused-ring (bicyclic) bond motifs is 1. The largest absolute Gasteiger partial charge is 0.586 e. The summed E-state index contributed by atoms with van der Waals surface area (Å²) in [4.78, 5) is 11.5. The maximum atomic E-state index is 13.1. The van der Waals surface area contributed by atoms with Gasteiger partial charge in [-0.2, -0.15) is 0 Å². The molecule has 1 aliphatic rings. The molecule has 20 heavy (non-hydrogen) atoms. The standard InChI is InChI=1S/C11H10BrF2NO5/c1-15(10(17)18)4-6(16)8-5(12)2-3-7-9(8)20-11(13,14)19-7/h2-3,6,16H,4H2,1H3,(H,17,18). The van der Waals surface area contributed by atoms with Gasteiger partial charge in [-0.05, 0) is 12.1 Å². The number of aliphatic hydroxyl groups is 1. The van der Waals surface area contributed by atoms with E-state index in [1.165, 1.54) is 19.2 Å². The number of carboxylic acid groups (broad SMARTS) is 1. The van der Waals surface area contributed by atoms with Gasteiger partial charge in [-0.3, -0.25) is 0 Å². The van der Waals surface area contributed by atoms with Crippen LogP contribution in [-0.2, 0) is 0 Å². The van der Waals surface area contributed by atoms with E-state index in [9.17, 15) is 18.7 Å². The van der Waals surface area contributed by atoms with Crippen molar-refractivity contribution in [2.24, 2.45) is 0 Å². The van der Waals surface area contributed by atoms with Crippen LogP contribution in [0.5, 0.6) is 11.5 Å². The molecule has 0 saturated heterocycles. The summed E-state index contributed by atoms with van der Waals surface area (Å²) in [6, 6.07) is 2.67. The van der Waals surface area contributed by atoms with E-state index in [1.54, 1.807) is 0 Å². The lowest BCUT2D eigenvalue weighted by Crippen LogP contribution is -2.30. The van der Waals surface area contributed by atoms with Crippen molar-refractivity contribution >= 4 is 22.0 Å². The van der Waals surface area contributed by atoms with E-state index in [0.717, 1.165) is 4.90 Å². The Morgan fingerprint density at radius 1 is 1.50 bits per heavy atom. The van der Waals surface area contributed by atoms with E-state index >= 15 is 0 Å². The number of hydrogen-bond acceptors (Lipinski definition) is 4. The molecule has 1 unspecified atom stereocenters. The van der Waals surface area contributed by atoms with Gasteiger partial charge in [0.05, 0.1) is 6.54 Å². The first-order chi connectivity index (χ1) is 9.21. The van der Waals surface area contributed by atoms with Crippen molar-refractivity contribution in [2.75, 3.05) is 13.6 Å². The van der Waals surface area contributed by atoms with Crippen molar-refractivity contribution in [3.8, 4) is 11.5 Å². The molecule has 1 aromatic rings. The highest BCUT2D eigenvalue weighted by atomic mass is 79.9. The van der Waals surface area contributed by atoms with Gasteiger partial charge in [0.1, 0.15) is 6.10 Å². The first kappa shape index (κ1) is 14.8. The van der Waals surface area contributed by atoms with Gasteiger partial charge in [0, 0.05) is 17.1 Å². The van der Waals surface area contributed by atoms with Crippen LogP contribution in [-0.4, -0.2) is 41.1 Å². The van der Waals surface area contributed by atoms with Crippen LogP contribution in [0.2, 0.25) is 0 Å². The zero-order valence-corrected chi connectivity index (χ0v) is 11.7. The number of benzene rings is 1. The molecule has 1 amide bonds. The predicted octanol–water partition coefficient (Wildman–Crippen LogP) is 2.41. The minimum absolute atomic E-state index is 0.00720. The molecule has 110 valence electrons. The molecule has 1 aliphatic heterocycles. The van der Waals surface area contributed by atoms with E-state index in [2.05, 4.69) is 25.4 Å². The fourth-order valence-electron chi connectivity index (χ4n) is 1.75. The second-order valence-corrected chi connectivity index (χ2v) is 4.99. The lowest BCUT2D eigenvalue weighted by molar-refractivity contribution is -0.287. The maximum Gasteiger partial charge on any atom is 0.586 e. The van der Waals surface area contributed by atoms with Gasteiger partial charge in [-0.25, -0.2) is 4.79 Å². The Kier molecular flexibility index (Phi) is 3.74. The highest BCUT2D eigenvalue weighted by molar-refractivity contribution is 9.10. The lowest BCUT2D eigenvalue weighted by atomic mass is 10.1. The van der Waals surface area contributed by atoms with Gasteiger partial charge in [-0.15, -0.1) is 8.78 Å². The van der Waals surface area contributed by atoms with E-state index in [0.29, 0.717) is 4.47 Å². The van der Waals surface area contributed by atoms with Gasteiger partial charge in [-0.1, -0.05) is 15.9 Å². The van der Waals surface area contributed by atoms with E-state index in [-0.39, 0.29) is 23.6 Å². The monoisotopic (exact) mass is 353 g/mol. The van der Waals surface area contributed by atoms with Crippen molar-refractivity contribution in [1.82, 2.24) is 4.90 Å². The number of amides is 1. The average Bonchev–Trinajstić information content (AvgIpc) is 2.62. The summed E-state index contributed by atoms with van der Waals surface area (Å²) in [6.07, 6.45) is -6.41. The topological polar surface area (TPSA) is 79.2 Å². The third kappa shape index (κ3) is 2.78. The highest BCUT2D eigenvalue weighted by Gasteiger charge is 2.45. The van der Waals surface area contributed by atoms with Crippen molar-refractivity contribution in [1.29, 1.82) is 0 Å². The van der Waals surface area contributed by atoms with E-state index in [1.807, 2.05) is 0 Å². The van der Waals surface area contributed by atoms with Crippen molar-refractivity contribution in [3.05, 3.63) is 22.2 Å². The molecule has 6 nitrogen and oxygen atoms in total. The van der Waals surface area contributed by atoms with Crippen LogP contribution in [0.15, 0.2) is 16.6 Å². The molecule has 0 aromatic heterocycles. The van der Waals surface area contributed by atoms with Crippen molar-refractivity contribution in [3.63, 3.8) is 0 Å². The molecule has 0 aliphatic carbocycles. The second-order valence-electron chi connectivity index (χ2n) is 4.13. The van der Waals surface area contributed by atoms with Gasteiger partial charge in [0.25, 0.3) is 0 Å².